The van der Waals surface area contributed by atoms with E-state index in [9.17, 15) is 9.59 Å². The number of benzene rings is 4. The summed E-state index contributed by atoms with van der Waals surface area (Å²) in [5.41, 5.74) is 8.03. The van der Waals surface area contributed by atoms with Gasteiger partial charge in [-0.3, -0.25) is 9.69 Å². The Bertz CT molecular complexity index is 1510. The number of likely N-dealkylation sites (N-methyl/N-ethyl adjacent to an activating group) is 1. The van der Waals surface area contributed by atoms with Crippen molar-refractivity contribution in [3.8, 4) is 11.1 Å². The van der Waals surface area contributed by atoms with Crippen molar-refractivity contribution < 1.29 is 19.1 Å². The van der Waals surface area contributed by atoms with Gasteiger partial charge in [0.05, 0.1) is 19.3 Å². The lowest BCUT2D eigenvalue weighted by Crippen LogP contribution is -2.51. The van der Waals surface area contributed by atoms with Crippen molar-refractivity contribution in [2.24, 2.45) is 0 Å². The Labute approximate surface area is 247 Å². The Morgan fingerprint density at radius 2 is 1.45 bits per heavy atom. The van der Waals surface area contributed by atoms with Crippen molar-refractivity contribution in [3.63, 3.8) is 0 Å². The maximum absolute atomic E-state index is 13.8. The van der Waals surface area contributed by atoms with Crippen LogP contribution in [-0.4, -0.2) is 43.2 Å². The number of nitrogens with zero attached hydrogens (tertiary/aromatic N) is 1. The van der Waals surface area contributed by atoms with E-state index in [1.807, 2.05) is 66.7 Å². The summed E-state index contributed by atoms with van der Waals surface area (Å²) in [6.07, 6.45) is 2.31. The fraction of sp³-hybridized carbons (Fsp3) is 0.278. The van der Waals surface area contributed by atoms with Gasteiger partial charge in [0.2, 0.25) is 5.91 Å². The predicted octanol–water partition coefficient (Wildman–Crippen LogP) is 6.65. The van der Waals surface area contributed by atoms with Gasteiger partial charge in [0, 0.05) is 13.0 Å². The Morgan fingerprint density at radius 3 is 2.17 bits per heavy atom. The van der Waals surface area contributed by atoms with Crippen LogP contribution in [0.1, 0.15) is 52.6 Å². The van der Waals surface area contributed by atoms with Gasteiger partial charge in [-0.15, -0.1) is 0 Å². The summed E-state index contributed by atoms with van der Waals surface area (Å²) >= 11 is 0. The molecule has 4 aromatic rings. The van der Waals surface area contributed by atoms with Gasteiger partial charge >= 0.3 is 6.09 Å². The third kappa shape index (κ3) is 5.81. The summed E-state index contributed by atoms with van der Waals surface area (Å²) in [5, 5.41) is 3.21. The maximum Gasteiger partial charge on any atom is 0.410 e. The van der Waals surface area contributed by atoms with Gasteiger partial charge in [-0.05, 0) is 58.2 Å². The number of amides is 2. The molecule has 2 aliphatic rings. The van der Waals surface area contributed by atoms with Gasteiger partial charge in [-0.1, -0.05) is 103 Å². The number of fused-ring (bicyclic) bond motifs is 4. The molecule has 2 aliphatic carbocycles. The standard InChI is InChI=1S/C36H36N2O4/c1-38(36(40)42-23-32-30-19-9-7-17-28(30)29-18-8-10-20-31(29)32)34(24-41-22-25-12-3-2-4-13-25)35(39)37-33-21-11-15-26-14-5-6-16-27(26)33/h2-10,12-14,16-20,32-34H,11,15,21-24H2,1H3,(H,37,39). The van der Waals surface area contributed by atoms with Crippen LogP contribution in [0.15, 0.2) is 103 Å². The first-order chi connectivity index (χ1) is 20.6. The highest BCUT2D eigenvalue weighted by atomic mass is 16.6. The Hall–Kier alpha value is -4.42. The van der Waals surface area contributed by atoms with Crippen molar-refractivity contribution >= 4 is 12.0 Å². The van der Waals surface area contributed by atoms with E-state index >= 15 is 0 Å². The number of hydrogen-bond acceptors (Lipinski definition) is 4. The summed E-state index contributed by atoms with van der Waals surface area (Å²) in [5.74, 6) is -0.309. The van der Waals surface area contributed by atoms with Crippen molar-refractivity contribution in [3.05, 3.63) is 131 Å². The van der Waals surface area contributed by atoms with Crippen LogP contribution in [-0.2, 0) is 27.3 Å². The topological polar surface area (TPSA) is 67.9 Å². The summed E-state index contributed by atoms with van der Waals surface area (Å²) in [4.78, 5) is 28.6. The molecular weight excluding hydrogens is 524 g/mol. The van der Waals surface area contributed by atoms with E-state index in [1.165, 1.54) is 21.6 Å². The van der Waals surface area contributed by atoms with E-state index in [-0.39, 0.29) is 31.1 Å². The zero-order valence-corrected chi connectivity index (χ0v) is 23.9. The zero-order chi connectivity index (χ0) is 28.9. The second-order valence-electron chi connectivity index (χ2n) is 11.1. The van der Waals surface area contributed by atoms with Crippen LogP contribution < -0.4 is 5.32 Å². The predicted molar refractivity (Wildman–Crippen MR) is 163 cm³/mol. The second kappa shape index (κ2) is 12.6. The molecule has 0 bridgehead atoms. The molecule has 0 heterocycles. The van der Waals surface area contributed by atoms with Crippen LogP contribution in [0.4, 0.5) is 4.79 Å². The summed E-state index contributed by atoms with van der Waals surface area (Å²) < 4.78 is 11.9. The minimum atomic E-state index is -0.849. The van der Waals surface area contributed by atoms with Crippen molar-refractivity contribution in [1.29, 1.82) is 0 Å². The molecule has 42 heavy (non-hydrogen) atoms. The molecule has 4 aromatic carbocycles. The van der Waals surface area contributed by atoms with Crippen LogP contribution in [0.5, 0.6) is 0 Å². The zero-order valence-electron chi connectivity index (χ0n) is 23.9. The van der Waals surface area contributed by atoms with Crippen LogP contribution in [0.25, 0.3) is 11.1 Å². The number of ether oxygens (including phenoxy) is 2. The lowest BCUT2D eigenvalue weighted by molar-refractivity contribution is -0.128. The number of carbonyl (C=O) groups is 2. The molecule has 2 unspecified atom stereocenters. The molecule has 0 saturated heterocycles. The molecule has 0 radical (unpaired) electrons. The molecule has 0 aromatic heterocycles. The molecule has 0 fully saturated rings. The van der Waals surface area contributed by atoms with Crippen LogP contribution >= 0.6 is 0 Å². The first kappa shape index (κ1) is 27.7. The summed E-state index contributed by atoms with van der Waals surface area (Å²) in [6, 6.07) is 33.6. The lowest BCUT2D eigenvalue weighted by atomic mass is 9.87. The first-order valence-electron chi connectivity index (χ1n) is 14.7. The smallest absolute Gasteiger partial charge is 0.410 e. The molecule has 6 heteroatoms. The SMILES string of the molecule is CN(C(=O)OCC1c2ccccc2-c2ccccc21)C(COCc1ccccc1)C(=O)NC1CCCc2ccccc21. The molecule has 0 saturated carbocycles. The van der Waals surface area contributed by atoms with E-state index < -0.39 is 12.1 Å². The fourth-order valence-corrected chi connectivity index (χ4v) is 6.22. The molecule has 6 rings (SSSR count). The Kier molecular flexibility index (Phi) is 8.33. The van der Waals surface area contributed by atoms with Crippen molar-refractivity contribution in [2.45, 2.75) is 43.9 Å². The highest BCUT2D eigenvalue weighted by Crippen LogP contribution is 2.44. The van der Waals surface area contributed by atoms with Crippen LogP contribution in [0.3, 0.4) is 0 Å². The van der Waals surface area contributed by atoms with Crippen molar-refractivity contribution in [1.82, 2.24) is 10.2 Å². The highest BCUT2D eigenvalue weighted by molar-refractivity contribution is 5.86. The fourth-order valence-electron chi connectivity index (χ4n) is 6.22. The third-order valence-corrected chi connectivity index (χ3v) is 8.47. The normalized spacial score (nSPS) is 16.1. The quantitative estimate of drug-likeness (QED) is 0.249. The molecule has 2 amide bonds. The second-order valence-corrected chi connectivity index (χ2v) is 11.1. The molecule has 0 spiro atoms. The number of carbonyl (C=O) groups excluding carboxylic acids is 2. The molecule has 0 aliphatic heterocycles. The largest absolute Gasteiger partial charge is 0.448 e. The molecule has 6 nitrogen and oxygen atoms in total. The van der Waals surface area contributed by atoms with Gasteiger partial charge < -0.3 is 14.8 Å². The molecule has 1 N–H and O–H groups in total. The third-order valence-electron chi connectivity index (χ3n) is 8.47. The first-order valence-corrected chi connectivity index (χ1v) is 14.7. The Balaban J connectivity index is 1.16. The molecule has 2 atom stereocenters. The molecule has 214 valence electrons. The van der Waals surface area contributed by atoms with E-state index in [0.717, 1.165) is 41.5 Å². The number of rotatable bonds is 9. The van der Waals surface area contributed by atoms with E-state index in [0.29, 0.717) is 6.61 Å². The minimum absolute atomic E-state index is 0.0514. The average Bonchev–Trinajstić information content (AvgIpc) is 3.36. The minimum Gasteiger partial charge on any atom is -0.448 e. The van der Waals surface area contributed by atoms with Crippen LogP contribution in [0, 0.1) is 0 Å². The van der Waals surface area contributed by atoms with Crippen molar-refractivity contribution in [2.75, 3.05) is 20.3 Å². The molecular formula is C36H36N2O4. The van der Waals surface area contributed by atoms with Gasteiger partial charge in [0.25, 0.3) is 0 Å². The van der Waals surface area contributed by atoms with Gasteiger partial charge in [-0.25, -0.2) is 4.79 Å². The number of aryl methyl sites for hydroxylation is 1. The van der Waals surface area contributed by atoms with Gasteiger partial charge in [-0.2, -0.15) is 0 Å². The van der Waals surface area contributed by atoms with E-state index in [2.05, 4.69) is 41.7 Å². The Morgan fingerprint density at radius 1 is 0.833 bits per heavy atom. The van der Waals surface area contributed by atoms with Crippen LogP contribution in [0.2, 0.25) is 0 Å². The lowest BCUT2D eigenvalue weighted by Gasteiger charge is -2.31. The number of hydrogen-bond donors (Lipinski definition) is 1. The van der Waals surface area contributed by atoms with Gasteiger partial charge in [0.1, 0.15) is 12.6 Å². The van der Waals surface area contributed by atoms with E-state index in [1.54, 1.807) is 7.05 Å². The maximum atomic E-state index is 13.8. The van der Waals surface area contributed by atoms with E-state index in [4.69, 9.17) is 9.47 Å². The number of nitrogens with one attached hydrogen (secondary N) is 1. The summed E-state index contributed by atoms with van der Waals surface area (Å²) in [7, 11) is 1.61. The average molecular weight is 561 g/mol. The van der Waals surface area contributed by atoms with Gasteiger partial charge in [0.15, 0.2) is 0 Å². The monoisotopic (exact) mass is 560 g/mol. The highest BCUT2D eigenvalue weighted by Gasteiger charge is 2.33. The summed E-state index contributed by atoms with van der Waals surface area (Å²) in [6.45, 7) is 0.581.